The van der Waals surface area contributed by atoms with Gasteiger partial charge in [-0.3, -0.25) is 0 Å². The second-order valence-corrected chi connectivity index (χ2v) is 7.78. The van der Waals surface area contributed by atoms with Gasteiger partial charge in [-0.2, -0.15) is 11.8 Å². The summed E-state index contributed by atoms with van der Waals surface area (Å²) in [6.45, 7) is 3.42. The predicted molar refractivity (Wildman–Crippen MR) is 90.9 cm³/mol. The zero-order chi connectivity index (χ0) is 15.1. The van der Waals surface area contributed by atoms with Crippen molar-refractivity contribution in [1.29, 1.82) is 0 Å². The molecule has 0 aromatic rings. The minimum atomic E-state index is -0.368. The Morgan fingerprint density at radius 2 is 2.00 bits per heavy atom. The lowest BCUT2D eigenvalue weighted by Gasteiger charge is -2.31. The van der Waals surface area contributed by atoms with Crippen LogP contribution >= 0.6 is 11.8 Å². The summed E-state index contributed by atoms with van der Waals surface area (Å²) in [5.41, 5.74) is 0. The Morgan fingerprint density at radius 1 is 1.19 bits per heavy atom. The summed E-state index contributed by atoms with van der Waals surface area (Å²) in [4.78, 5) is 0. The van der Waals surface area contributed by atoms with Crippen LogP contribution in [0.25, 0.3) is 0 Å². The highest BCUT2D eigenvalue weighted by Crippen LogP contribution is 2.29. The summed E-state index contributed by atoms with van der Waals surface area (Å²) >= 11 is 1.96. The van der Waals surface area contributed by atoms with Crippen LogP contribution in [0, 0.1) is 5.92 Å². The van der Waals surface area contributed by atoms with Gasteiger partial charge in [-0.15, -0.1) is 0 Å². The largest absolute Gasteiger partial charge is 0.389 e. The molecule has 2 aliphatic carbocycles. The van der Waals surface area contributed by atoms with E-state index in [4.69, 9.17) is 4.74 Å². The quantitative estimate of drug-likeness (QED) is 0.722. The van der Waals surface area contributed by atoms with E-state index in [9.17, 15) is 5.11 Å². The molecule has 3 nitrogen and oxygen atoms in total. The Morgan fingerprint density at radius 3 is 2.76 bits per heavy atom. The predicted octanol–water partition coefficient (Wildman–Crippen LogP) is 3.21. The molecule has 0 aromatic carbocycles. The third-order valence-corrected chi connectivity index (χ3v) is 6.41. The van der Waals surface area contributed by atoms with Crippen LogP contribution in [-0.4, -0.2) is 48.0 Å². The van der Waals surface area contributed by atoms with Gasteiger partial charge in [0.15, 0.2) is 0 Å². The smallest absolute Gasteiger partial charge is 0.0897 e. The molecule has 0 saturated heterocycles. The first kappa shape index (κ1) is 17.6. The maximum Gasteiger partial charge on any atom is 0.0897 e. The van der Waals surface area contributed by atoms with Crippen LogP contribution in [0.5, 0.6) is 0 Å². The molecule has 21 heavy (non-hydrogen) atoms. The van der Waals surface area contributed by atoms with E-state index in [0.29, 0.717) is 31.2 Å². The van der Waals surface area contributed by atoms with Gasteiger partial charge >= 0.3 is 0 Å². The van der Waals surface area contributed by atoms with Crippen molar-refractivity contribution in [2.24, 2.45) is 5.92 Å². The summed E-state index contributed by atoms with van der Waals surface area (Å²) in [5, 5.41) is 14.4. The third kappa shape index (κ3) is 5.42. The zero-order valence-corrected chi connectivity index (χ0v) is 14.5. The molecule has 0 aliphatic heterocycles. The average Bonchev–Trinajstić information content (AvgIpc) is 2.98. The van der Waals surface area contributed by atoms with E-state index >= 15 is 0 Å². The summed E-state index contributed by atoms with van der Waals surface area (Å²) in [5.74, 6) is 0.703. The number of thioether (sulfide) groups is 1. The van der Waals surface area contributed by atoms with E-state index in [1.807, 2.05) is 11.8 Å². The maximum absolute atomic E-state index is 10.2. The van der Waals surface area contributed by atoms with Crippen molar-refractivity contribution in [3.05, 3.63) is 0 Å². The lowest BCUT2D eigenvalue weighted by atomic mass is 9.85. The fourth-order valence-electron chi connectivity index (χ4n) is 3.88. The molecule has 0 aromatic heterocycles. The van der Waals surface area contributed by atoms with E-state index in [1.165, 1.54) is 51.4 Å². The maximum atomic E-state index is 10.2. The molecule has 2 rings (SSSR count). The van der Waals surface area contributed by atoms with E-state index in [-0.39, 0.29) is 6.10 Å². The lowest BCUT2D eigenvalue weighted by molar-refractivity contribution is -0.0502. The van der Waals surface area contributed by atoms with Crippen LogP contribution < -0.4 is 5.32 Å². The highest BCUT2D eigenvalue weighted by molar-refractivity contribution is 7.99. The molecule has 0 spiro atoms. The van der Waals surface area contributed by atoms with Crippen LogP contribution in [0.4, 0.5) is 0 Å². The van der Waals surface area contributed by atoms with Gasteiger partial charge in [-0.05, 0) is 37.9 Å². The number of nitrogens with one attached hydrogen (secondary N) is 1. The Kier molecular flexibility index (Phi) is 7.86. The van der Waals surface area contributed by atoms with Gasteiger partial charge in [-0.25, -0.2) is 0 Å². The molecule has 5 unspecified atom stereocenters. The van der Waals surface area contributed by atoms with Crippen LogP contribution in [0.15, 0.2) is 0 Å². The highest BCUT2D eigenvalue weighted by Gasteiger charge is 2.27. The molecule has 0 amide bonds. The average molecular weight is 316 g/mol. The van der Waals surface area contributed by atoms with Crippen molar-refractivity contribution >= 4 is 11.8 Å². The van der Waals surface area contributed by atoms with E-state index < -0.39 is 0 Å². The molecule has 2 N–H and O–H groups in total. The monoisotopic (exact) mass is 315 g/mol. The van der Waals surface area contributed by atoms with Crippen molar-refractivity contribution in [2.45, 2.75) is 81.8 Å². The van der Waals surface area contributed by atoms with Gasteiger partial charge in [0.05, 0.1) is 18.8 Å². The van der Waals surface area contributed by atoms with Crippen molar-refractivity contribution in [3.63, 3.8) is 0 Å². The van der Waals surface area contributed by atoms with Crippen LogP contribution in [0.2, 0.25) is 0 Å². The summed E-state index contributed by atoms with van der Waals surface area (Å²) in [7, 11) is 0. The summed E-state index contributed by atoms with van der Waals surface area (Å²) in [6.07, 6.45) is 12.4. The van der Waals surface area contributed by atoms with Gasteiger partial charge < -0.3 is 15.2 Å². The number of aliphatic hydroxyl groups excluding tert-OH is 1. The Labute approximate surface area is 134 Å². The van der Waals surface area contributed by atoms with Gasteiger partial charge in [0.2, 0.25) is 0 Å². The van der Waals surface area contributed by atoms with Crippen molar-refractivity contribution in [1.82, 2.24) is 5.32 Å². The number of hydrogen-bond acceptors (Lipinski definition) is 4. The minimum absolute atomic E-state index is 0.368. The Balaban J connectivity index is 1.63. The molecular formula is C17H33NO2S. The zero-order valence-electron chi connectivity index (χ0n) is 13.7. The molecule has 5 atom stereocenters. The summed E-state index contributed by atoms with van der Waals surface area (Å²) < 4.78 is 6.02. The first-order valence-corrected chi connectivity index (χ1v) is 10.1. The molecule has 0 bridgehead atoms. The highest BCUT2D eigenvalue weighted by atomic mass is 32.2. The van der Waals surface area contributed by atoms with Gasteiger partial charge in [-0.1, -0.05) is 32.6 Å². The first-order chi connectivity index (χ1) is 10.2. The molecule has 2 saturated carbocycles. The lowest BCUT2D eigenvalue weighted by Crippen LogP contribution is -2.41. The number of aliphatic hydroxyl groups is 1. The van der Waals surface area contributed by atoms with Gasteiger partial charge in [0.1, 0.15) is 0 Å². The Hall–Kier alpha value is 0.230. The van der Waals surface area contributed by atoms with Crippen molar-refractivity contribution in [2.75, 3.05) is 19.4 Å². The standard InChI is InChI=1S/C17H33NO2S/c1-3-13-7-4-5-9-16(13)20-12-14(19)11-18-15-8-6-10-17(15)21-2/h13-19H,3-12H2,1-2H3. The first-order valence-electron chi connectivity index (χ1n) is 8.80. The third-order valence-electron chi connectivity index (χ3n) is 5.24. The van der Waals surface area contributed by atoms with E-state index in [0.717, 1.165) is 5.25 Å². The Bertz CT molecular complexity index is 290. The fraction of sp³-hybridized carbons (Fsp3) is 1.00. The normalized spacial score (nSPS) is 35.0. The number of ether oxygens (including phenoxy) is 1. The van der Waals surface area contributed by atoms with Crippen LogP contribution in [0.3, 0.4) is 0 Å². The van der Waals surface area contributed by atoms with Crippen molar-refractivity contribution in [3.8, 4) is 0 Å². The van der Waals surface area contributed by atoms with Crippen LogP contribution in [0.1, 0.15) is 58.3 Å². The van der Waals surface area contributed by atoms with E-state index in [2.05, 4.69) is 18.5 Å². The second kappa shape index (κ2) is 9.39. The molecule has 124 valence electrons. The SMILES string of the molecule is CCC1CCCCC1OCC(O)CNC1CCCC1SC. The molecular weight excluding hydrogens is 282 g/mol. The van der Waals surface area contributed by atoms with Gasteiger partial charge in [0, 0.05) is 17.8 Å². The van der Waals surface area contributed by atoms with Crippen molar-refractivity contribution < 1.29 is 9.84 Å². The molecule has 0 heterocycles. The molecule has 4 heteroatoms. The summed E-state index contributed by atoms with van der Waals surface area (Å²) in [6, 6.07) is 0.577. The topological polar surface area (TPSA) is 41.5 Å². The van der Waals surface area contributed by atoms with E-state index in [1.54, 1.807) is 0 Å². The molecule has 2 aliphatic rings. The van der Waals surface area contributed by atoms with Crippen LogP contribution in [-0.2, 0) is 4.74 Å². The second-order valence-electron chi connectivity index (χ2n) is 6.70. The van der Waals surface area contributed by atoms with Gasteiger partial charge in [0.25, 0.3) is 0 Å². The number of hydrogen-bond donors (Lipinski definition) is 2. The molecule has 0 radical (unpaired) electrons. The number of rotatable bonds is 8. The minimum Gasteiger partial charge on any atom is -0.389 e. The molecule has 2 fully saturated rings. The fourth-order valence-corrected chi connectivity index (χ4v) is 4.85.